The van der Waals surface area contributed by atoms with Crippen LogP contribution in [-0.2, 0) is 16.0 Å². The van der Waals surface area contributed by atoms with Crippen LogP contribution in [0.15, 0.2) is 91.1 Å². The van der Waals surface area contributed by atoms with Crippen LogP contribution in [0.2, 0.25) is 0 Å². The second kappa shape index (κ2) is 14.6. The molecule has 2 N–H and O–H groups in total. The number of thiophene rings is 1. The smallest absolute Gasteiger partial charge is 0.230 e. The molecule has 0 saturated carbocycles. The second-order valence-electron chi connectivity index (χ2n) is 10.4. The molecular weight excluding hydrogens is 612 g/mol. The molecule has 1 fully saturated rings. The number of aromatic nitrogens is 1. The fourth-order valence-corrected chi connectivity index (χ4v) is 6.18. The molecular formula is C34H31FN4O4S2. The van der Waals surface area contributed by atoms with E-state index in [9.17, 15) is 4.79 Å². The number of amides is 1. The third-order valence-corrected chi connectivity index (χ3v) is 8.54. The summed E-state index contributed by atoms with van der Waals surface area (Å²) in [5.74, 6) is 0.505. The van der Waals surface area contributed by atoms with Crippen LogP contribution in [0.1, 0.15) is 5.56 Å². The Bertz CT molecular complexity index is 1790. The maximum atomic E-state index is 15.1. The van der Waals surface area contributed by atoms with Gasteiger partial charge in [-0.15, -0.1) is 11.3 Å². The van der Waals surface area contributed by atoms with E-state index >= 15 is 4.39 Å². The molecule has 11 heteroatoms. The van der Waals surface area contributed by atoms with Crippen molar-refractivity contribution in [1.29, 1.82) is 0 Å². The number of ether oxygens (including phenoxy) is 3. The zero-order valence-corrected chi connectivity index (χ0v) is 26.0. The highest BCUT2D eigenvalue weighted by Gasteiger charge is 2.15. The Morgan fingerprint density at radius 1 is 1.00 bits per heavy atom. The van der Waals surface area contributed by atoms with Gasteiger partial charge in [-0.2, -0.15) is 0 Å². The number of nitrogens with zero attached hydrogens (tertiary/aromatic N) is 2. The van der Waals surface area contributed by atoms with Crippen molar-refractivity contribution in [2.45, 2.75) is 6.42 Å². The van der Waals surface area contributed by atoms with Crippen molar-refractivity contribution < 1.29 is 23.4 Å². The summed E-state index contributed by atoms with van der Waals surface area (Å²) in [6, 6.07) is 25.4. The van der Waals surface area contributed by atoms with E-state index in [0.29, 0.717) is 18.0 Å². The van der Waals surface area contributed by atoms with Crippen molar-refractivity contribution in [3.05, 3.63) is 103 Å². The Labute approximate surface area is 269 Å². The third-order valence-electron chi connectivity index (χ3n) is 7.14. The summed E-state index contributed by atoms with van der Waals surface area (Å²) >= 11 is 6.76. The van der Waals surface area contributed by atoms with Crippen molar-refractivity contribution in [3.8, 4) is 27.7 Å². The number of benzene rings is 3. The van der Waals surface area contributed by atoms with Gasteiger partial charge in [0.25, 0.3) is 0 Å². The van der Waals surface area contributed by atoms with Gasteiger partial charge in [0.05, 0.1) is 29.9 Å². The maximum Gasteiger partial charge on any atom is 0.230 e. The normalized spacial score (nSPS) is 13.4. The first-order valence-corrected chi connectivity index (χ1v) is 15.8. The van der Waals surface area contributed by atoms with E-state index in [1.165, 1.54) is 23.5 Å². The van der Waals surface area contributed by atoms with Gasteiger partial charge in [-0.05, 0) is 53.7 Å². The number of anilines is 1. The fourth-order valence-electron chi connectivity index (χ4n) is 4.89. The number of pyridine rings is 1. The minimum absolute atomic E-state index is 0.0534. The number of nitrogens with one attached hydrogen (secondary N) is 2. The molecule has 5 aromatic rings. The molecule has 6 rings (SSSR count). The van der Waals surface area contributed by atoms with Crippen LogP contribution in [0.4, 0.5) is 10.1 Å². The largest absolute Gasteiger partial charge is 0.492 e. The van der Waals surface area contributed by atoms with Crippen molar-refractivity contribution in [2.24, 2.45) is 0 Å². The minimum atomic E-state index is -0.581. The Kier molecular flexibility index (Phi) is 9.91. The molecule has 0 spiro atoms. The van der Waals surface area contributed by atoms with Gasteiger partial charge in [-0.3, -0.25) is 14.7 Å². The van der Waals surface area contributed by atoms with Gasteiger partial charge in [-0.25, -0.2) is 4.39 Å². The van der Waals surface area contributed by atoms with Gasteiger partial charge in [-0.1, -0.05) is 42.5 Å². The molecule has 8 nitrogen and oxygen atoms in total. The Balaban J connectivity index is 1.09. The first-order chi connectivity index (χ1) is 22.0. The number of morpholine rings is 1. The Morgan fingerprint density at radius 2 is 1.84 bits per heavy atom. The number of thiocarbonyl (C=S) groups is 1. The molecule has 3 aromatic carbocycles. The lowest BCUT2D eigenvalue weighted by Gasteiger charge is -2.26. The van der Waals surface area contributed by atoms with E-state index < -0.39 is 5.82 Å². The quantitative estimate of drug-likeness (QED) is 0.164. The first kappa shape index (κ1) is 30.6. The average molecular weight is 643 g/mol. The number of carbonyl (C=O) groups is 1. The summed E-state index contributed by atoms with van der Waals surface area (Å²) in [5.41, 5.74) is 3.00. The highest BCUT2D eigenvalue weighted by atomic mass is 32.1. The number of carbonyl (C=O) groups excluding carboxylic acids is 1. The molecule has 230 valence electrons. The van der Waals surface area contributed by atoms with Gasteiger partial charge >= 0.3 is 0 Å². The van der Waals surface area contributed by atoms with E-state index in [1.54, 1.807) is 18.3 Å². The van der Waals surface area contributed by atoms with Crippen molar-refractivity contribution in [2.75, 3.05) is 44.8 Å². The molecule has 1 aliphatic rings. The summed E-state index contributed by atoms with van der Waals surface area (Å²) in [7, 11) is 0. The van der Waals surface area contributed by atoms with Crippen molar-refractivity contribution in [3.63, 3.8) is 0 Å². The topological polar surface area (TPSA) is 85.0 Å². The van der Waals surface area contributed by atoms with Crippen LogP contribution in [0.25, 0.3) is 20.7 Å². The van der Waals surface area contributed by atoms with Crippen molar-refractivity contribution in [1.82, 2.24) is 15.2 Å². The highest BCUT2D eigenvalue weighted by molar-refractivity contribution is 7.80. The number of rotatable bonds is 10. The predicted octanol–water partition coefficient (Wildman–Crippen LogP) is 6.66. The van der Waals surface area contributed by atoms with Gasteiger partial charge in [0.15, 0.2) is 16.7 Å². The van der Waals surface area contributed by atoms with E-state index in [4.69, 9.17) is 26.4 Å². The molecule has 0 aliphatic carbocycles. The predicted molar refractivity (Wildman–Crippen MR) is 179 cm³/mol. The second-order valence-corrected chi connectivity index (χ2v) is 11.8. The molecule has 2 aromatic heterocycles. The van der Waals surface area contributed by atoms with Crippen LogP contribution in [0.5, 0.6) is 17.2 Å². The van der Waals surface area contributed by atoms with E-state index in [2.05, 4.69) is 20.5 Å². The van der Waals surface area contributed by atoms with Gasteiger partial charge in [0.2, 0.25) is 5.91 Å². The summed E-state index contributed by atoms with van der Waals surface area (Å²) in [4.78, 5) is 20.1. The van der Waals surface area contributed by atoms with Gasteiger partial charge in [0, 0.05) is 48.5 Å². The zero-order valence-electron chi connectivity index (χ0n) is 24.3. The van der Waals surface area contributed by atoms with Crippen LogP contribution in [0, 0.1) is 5.82 Å². The number of fused-ring (bicyclic) bond motifs is 1. The van der Waals surface area contributed by atoms with Crippen LogP contribution in [-0.4, -0.2) is 60.4 Å². The zero-order chi connectivity index (χ0) is 31.0. The summed E-state index contributed by atoms with van der Waals surface area (Å²) in [5, 5.41) is 5.56. The number of hydrogen-bond acceptors (Lipinski definition) is 8. The average Bonchev–Trinajstić information content (AvgIpc) is 3.49. The molecule has 0 unspecified atom stereocenters. The molecule has 1 aliphatic heterocycles. The maximum absolute atomic E-state index is 15.1. The summed E-state index contributed by atoms with van der Waals surface area (Å²) < 4.78 is 33.4. The lowest BCUT2D eigenvalue weighted by atomic mass is 10.1. The Hall–Kier alpha value is -4.42. The first-order valence-electron chi connectivity index (χ1n) is 14.5. The molecule has 1 saturated heterocycles. The van der Waals surface area contributed by atoms with Crippen LogP contribution >= 0.6 is 23.6 Å². The standard InChI is InChI=1S/C34H31FN4O4S2/c35-27-21-25(37-34(44)38-32(40)19-23-5-2-1-3-6-23)9-10-29(27)43-30-11-12-36-28-22-31(45-33(28)30)24-7-4-8-26(20-24)42-18-15-39-13-16-41-17-14-39/h1-12,20-22H,13-19H2,(H2,37,38,40,44). The lowest BCUT2D eigenvalue weighted by Crippen LogP contribution is -2.38. The third kappa shape index (κ3) is 8.20. The molecule has 0 bridgehead atoms. The number of halogens is 1. The highest BCUT2D eigenvalue weighted by Crippen LogP contribution is 2.40. The van der Waals surface area contributed by atoms with Crippen molar-refractivity contribution >= 4 is 50.5 Å². The van der Waals surface area contributed by atoms with E-state index in [-0.39, 0.29) is 23.2 Å². The van der Waals surface area contributed by atoms with E-state index in [0.717, 1.165) is 64.8 Å². The van der Waals surface area contributed by atoms with Crippen LogP contribution in [0.3, 0.4) is 0 Å². The van der Waals surface area contributed by atoms with Crippen LogP contribution < -0.4 is 20.1 Å². The summed E-state index contributed by atoms with van der Waals surface area (Å²) in [6.07, 6.45) is 1.83. The SMILES string of the molecule is O=C(Cc1ccccc1)NC(=S)Nc1ccc(Oc2ccnc3cc(-c4cccc(OCCN5CCOCC5)c4)sc23)c(F)c1. The lowest BCUT2D eigenvalue weighted by molar-refractivity contribution is -0.119. The minimum Gasteiger partial charge on any atom is -0.492 e. The summed E-state index contributed by atoms with van der Waals surface area (Å²) in [6.45, 7) is 4.84. The monoisotopic (exact) mass is 642 g/mol. The number of hydrogen-bond donors (Lipinski definition) is 2. The molecule has 1 amide bonds. The van der Waals surface area contributed by atoms with Gasteiger partial charge < -0.3 is 24.8 Å². The van der Waals surface area contributed by atoms with E-state index in [1.807, 2.05) is 60.7 Å². The molecule has 3 heterocycles. The van der Waals surface area contributed by atoms with Gasteiger partial charge in [0.1, 0.15) is 18.1 Å². The fraction of sp³-hybridized carbons (Fsp3) is 0.206. The molecule has 0 atom stereocenters. The Morgan fingerprint density at radius 3 is 2.67 bits per heavy atom. The molecule has 0 radical (unpaired) electrons. The molecule has 45 heavy (non-hydrogen) atoms.